The van der Waals surface area contributed by atoms with Crippen LogP contribution in [0.4, 0.5) is 5.69 Å². The first-order valence-corrected chi connectivity index (χ1v) is 6.69. The van der Waals surface area contributed by atoms with E-state index in [1.807, 2.05) is 0 Å². The number of benzene rings is 1. The van der Waals surface area contributed by atoms with E-state index in [-0.39, 0.29) is 18.0 Å². The zero-order valence-corrected chi connectivity index (χ0v) is 12.6. The molecular formula is C12H16BrN3O4. The van der Waals surface area contributed by atoms with Gasteiger partial charge in [0.2, 0.25) is 5.91 Å². The number of nitrogens with two attached hydrogens (primary N) is 2. The highest BCUT2D eigenvalue weighted by Crippen LogP contribution is 2.30. The van der Waals surface area contributed by atoms with Crippen molar-refractivity contribution in [3.8, 4) is 5.75 Å². The van der Waals surface area contributed by atoms with Crippen molar-refractivity contribution in [2.45, 2.75) is 25.3 Å². The highest BCUT2D eigenvalue weighted by Gasteiger charge is 2.25. The predicted molar refractivity (Wildman–Crippen MR) is 77.3 cm³/mol. The van der Waals surface area contributed by atoms with Crippen LogP contribution in [0.2, 0.25) is 0 Å². The number of hydrogen-bond donors (Lipinski definition) is 2. The van der Waals surface area contributed by atoms with Gasteiger partial charge in [0.05, 0.1) is 17.1 Å². The van der Waals surface area contributed by atoms with Crippen LogP contribution >= 0.6 is 15.9 Å². The molecule has 0 saturated carbocycles. The third-order valence-electron chi connectivity index (χ3n) is 2.78. The van der Waals surface area contributed by atoms with Gasteiger partial charge in [-0.05, 0) is 31.9 Å². The fourth-order valence-corrected chi connectivity index (χ4v) is 1.85. The second kappa shape index (κ2) is 6.67. The summed E-state index contributed by atoms with van der Waals surface area (Å²) in [6, 6.07) is 4.53. The first-order chi connectivity index (χ1) is 9.24. The Morgan fingerprint density at radius 3 is 2.75 bits per heavy atom. The maximum absolute atomic E-state index is 11.0. The molecule has 0 aromatic heterocycles. The lowest BCUT2D eigenvalue weighted by atomic mass is 9.97. The van der Waals surface area contributed by atoms with Gasteiger partial charge >= 0.3 is 5.69 Å². The van der Waals surface area contributed by atoms with Gasteiger partial charge in [-0.25, -0.2) is 0 Å². The van der Waals surface area contributed by atoms with E-state index in [0.29, 0.717) is 17.3 Å². The van der Waals surface area contributed by atoms with Gasteiger partial charge in [-0.1, -0.05) is 15.9 Å². The summed E-state index contributed by atoms with van der Waals surface area (Å²) in [6.45, 7) is 1.75. The summed E-state index contributed by atoms with van der Waals surface area (Å²) in [7, 11) is 0. The zero-order chi connectivity index (χ0) is 15.3. The largest absolute Gasteiger partial charge is 0.487 e. The Kier molecular flexibility index (Phi) is 5.46. The Bertz CT molecular complexity index is 519. The molecule has 1 unspecified atom stereocenters. The lowest BCUT2D eigenvalue weighted by molar-refractivity contribution is -0.385. The Morgan fingerprint density at radius 2 is 2.20 bits per heavy atom. The van der Waals surface area contributed by atoms with E-state index in [9.17, 15) is 14.9 Å². The maximum atomic E-state index is 11.0. The van der Waals surface area contributed by atoms with Gasteiger partial charge in [-0.15, -0.1) is 0 Å². The Balaban J connectivity index is 2.59. The van der Waals surface area contributed by atoms with Crippen LogP contribution in [0, 0.1) is 10.1 Å². The summed E-state index contributed by atoms with van der Waals surface area (Å²) < 4.78 is 5.96. The third kappa shape index (κ3) is 4.46. The first-order valence-electron chi connectivity index (χ1n) is 5.89. The van der Waals surface area contributed by atoms with Gasteiger partial charge in [0.25, 0.3) is 0 Å². The fourth-order valence-electron chi connectivity index (χ4n) is 1.50. The van der Waals surface area contributed by atoms with Gasteiger partial charge in [-0.2, -0.15) is 0 Å². The third-order valence-corrected chi connectivity index (χ3v) is 3.27. The van der Waals surface area contributed by atoms with E-state index in [0.717, 1.165) is 0 Å². The molecule has 7 nitrogen and oxygen atoms in total. The molecule has 0 bridgehead atoms. The minimum Gasteiger partial charge on any atom is -0.487 e. The molecule has 0 saturated heterocycles. The van der Waals surface area contributed by atoms with E-state index in [1.165, 1.54) is 19.1 Å². The molecule has 1 atom stereocenters. The number of nitrogens with zero attached hydrogens (tertiary/aromatic N) is 1. The SMILES string of the molecule is CC(N)(CCCOc1ccc(Br)cc1[N+](=O)[O-])C(N)=O. The molecular weight excluding hydrogens is 330 g/mol. The molecule has 110 valence electrons. The number of carbonyl (C=O) groups excluding carboxylic acids is 1. The summed E-state index contributed by atoms with van der Waals surface area (Å²) in [5, 5.41) is 10.9. The Hall–Kier alpha value is -1.67. The number of ether oxygens (including phenoxy) is 1. The molecule has 1 amide bonds. The van der Waals surface area contributed by atoms with Crippen LogP contribution in [-0.4, -0.2) is 23.0 Å². The number of nitro benzene ring substituents is 1. The monoisotopic (exact) mass is 345 g/mol. The number of primary amides is 1. The lowest BCUT2D eigenvalue weighted by Gasteiger charge is -2.20. The van der Waals surface area contributed by atoms with Crippen molar-refractivity contribution in [3.63, 3.8) is 0 Å². The van der Waals surface area contributed by atoms with E-state index in [4.69, 9.17) is 16.2 Å². The van der Waals surface area contributed by atoms with Gasteiger partial charge < -0.3 is 16.2 Å². The molecule has 0 heterocycles. The average Bonchev–Trinajstić information content (AvgIpc) is 2.35. The van der Waals surface area contributed by atoms with Crippen LogP contribution in [0.25, 0.3) is 0 Å². The van der Waals surface area contributed by atoms with Gasteiger partial charge in [-0.3, -0.25) is 14.9 Å². The maximum Gasteiger partial charge on any atom is 0.312 e. The van der Waals surface area contributed by atoms with Crippen molar-refractivity contribution >= 4 is 27.5 Å². The normalized spacial score (nSPS) is 13.6. The Morgan fingerprint density at radius 1 is 1.55 bits per heavy atom. The highest BCUT2D eigenvalue weighted by atomic mass is 79.9. The topological polar surface area (TPSA) is 121 Å². The number of halogens is 1. The van der Waals surface area contributed by atoms with E-state index < -0.39 is 16.4 Å². The number of hydrogen-bond acceptors (Lipinski definition) is 5. The molecule has 20 heavy (non-hydrogen) atoms. The van der Waals surface area contributed by atoms with E-state index >= 15 is 0 Å². The molecule has 0 spiro atoms. The minimum absolute atomic E-state index is 0.121. The van der Waals surface area contributed by atoms with Crippen LogP contribution in [0.1, 0.15) is 19.8 Å². The molecule has 0 aliphatic heterocycles. The summed E-state index contributed by atoms with van der Waals surface area (Å²) >= 11 is 3.16. The Labute approximate surface area is 124 Å². The van der Waals surface area contributed by atoms with Crippen LogP contribution in [0.15, 0.2) is 22.7 Å². The summed E-state index contributed by atoms with van der Waals surface area (Å²) in [5.41, 5.74) is 9.61. The van der Waals surface area contributed by atoms with E-state index in [2.05, 4.69) is 15.9 Å². The summed E-state index contributed by atoms with van der Waals surface area (Å²) in [6.07, 6.45) is 0.801. The highest BCUT2D eigenvalue weighted by molar-refractivity contribution is 9.10. The predicted octanol–water partition coefficient (Wildman–Crippen LogP) is 1.72. The molecule has 1 aromatic rings. The van der Waals surface area contributed by atoms with Gasteiger partial charge in [0, 0.05) is 10.5 Å². The standard InChI is InChI=1S/C12H16BrN3O4/c1-12(15,11(14)17)5-2-6-20-10-4-3-8(13)7-9(10)16(18)19/h3-4,7H,2,5-6,15H2,1H3,(H2,14,17). The molecule has 4 N–H and O–H groups in total. The number of rotatable bonds is 7. The smallest absolute Gasteiger partial charge is 0.312 e. The van der Waals surface area contributed by atoms with Crippen molar-refractivity contribution in [2.75, 3.05) is 6.61 Å². The van der Waals surface area contributed by atoms with Crippen molar-refractivity contribution in [1.29, 1.82) is 0 Å². The zero-order valence-electron chi connectivity index (χ0n) is 11.0. The van der Waals surface area contributed by atoms with Crippen molar-refractivity contribution in [1.82, 2.24) is 0 Å². The second-order valence-corrected chi connectivity index (χ2v) is 5.52. The molecule has 1 aromatic carbocycles. The molecule has 1 rings (SSSR count). The molecule has 0 radical (unpaired) electrons. The lowest BCUT2D eigenvalue weighted by Crippen LogP contribution is -2.49. The van der Waals surface area contributed by atoms with E-state index in [1.54, 1.807) is 6.07 Å². The van der Waals surface area contributed by atoms with Crippen LogP contribution < -0.4 is 16.2 Å². The average molecular weight is 346 g/mol. The molecule has 0 aliphatic carbocycles. The van der Waals surface area contributed by atoms with Crippen LogP contribution in [0.3, 0.4) is 0 Å². The number of carbonyl (C=O) groups is 1. The first kappa shape index (κ1) is 16.4. The van der Waals surface area contributed by atoms with Crippen LogP contribution in [0.5, 0.6) is 5.75 Å². The molecule has 0 fully saturated rings. The number of nitro groups is 1. The quantitative estimate of drug-likeness (QED) is 0.442. The molecule has 0 aliphatic rings. The second-order valence-electron chi connectivity index (χ2n) is 4.60. The van der Waals surface area contributed by atoms with Gasteiger partial charge in [0.15, 0.2) is 5.75 Å². The van der Waals surface area contributed by atoms with Crippen molar-refractivity contribution in [3.05, 3.63) is 32.8 Å². The van der Waals surface area contributed by atoms with Crippen molar-refractivity contribution in [2.24, 2.45) is 11.5 Å². The number of amides is 1. The minimum atomic E-state index is -1.10. The van der Waals surface area contributed by atoms with Crippen LogP contribution in [-0.2, 0) is 4.79 Å². The van der Waals surface area contributed by atoms with Gasteiger partial charge in [0.1, 0.15) is 0 Å². The summed E-state index contributed by atoms with van der Waals surface area (Å²) in [4.78, 5) is 21.4. The summed E-state index contributed by atoms with van der Waals surface area (Å²) in [5.74, 6) is -0.414. The fraction of sp³-hybridized carbons (Fsp3) is 0.417. The molecule has 8 heteroatoms. The van der Waals surface area contributed by atoms with Crippen molar-refractivity contribution < 1.29 is 14.5 Å².